The Morgan fingerprint density at radius 3 is 2.27 bits per heavy atom. The van der Waals surface area contributed by atoms with Crippen molar-refractivity contribution in [3.63, 3.8) is 0 Å². The van der Waals surface area contributed by atoms with Crippen LogP contribution in [0.25, 0.3) is 0 Å². The van der Waals surface area contributed by atoms with Crippen molar-refractivity contribution in [3.05, 3.63) is 95.6 Å². The molecule has 0 aliphatic carbocycles. The van der Waals surface area contributed by atoms with E-state index in [4.69, 9.17) is 4.74 Å². The maximum absolute atomic E-state index is 13.2. The molecule has 130 valence electrons. The predicted molar refractivity (Wildman–Crippen MR) is 104 cm³/mol. The van der Waals surface area contributed by atoms with Crippen molar-refractivity contribution in [3.8, 4) is 5.75 Å². The Labute approximate surface area is 153 Å². The highest BCUT2D eigenvalue weighted by molar-refractivity contribution is 6.05. The number of ether oxygens (including phenoxy) is 1. The van der Waals surface area contributed by atoms with E-state index in [2.05, 4.69) is 18.2 Å². The number of para-hydroxylation sites is 1. The monoisotopic (exact) mass is 343 g/mol. The minimum Gasteiger partial charge on any atom is -0.497 e. The zero-order valence-electron chi connectivity index (χ0n) is 14.8. The summed E-state index contributed by atoms with van der Waals surface area (Å²) in [5.41, 5.74) is 4.42. The number of anilines is 1. The number of benzene rings is 3. The van der Waals surface area contributed by atoms with Gasteiger partial charge in [0.1, 0.15) is 5.75 Å². The molecular weight excluding hydrogens is 322 g/mol. The summed E-state index contributed by atoms with van der Waals surface area (Å²) < 4.78 is 5.22. The van der Waals surface area contributed by atoms with Crippen molar-refractivity contribution in [1.29, 1.82) is 0 Å². The molecule has 0 saturated carbocycles. The fourth-order valence-electron chi connectivity index (χ4n) is 3.59. The van der Waals surface area contributed by atoms with Crippen molar-refractivity contribution < 1.29 is 9.53 Å². The zero-order valence-corrected chi connectivity index (χ0v) is 14.8. The lowest BCUT2D eigenvalue weighted by atomic mass is 9.93. The van der Waals surface area contributed by atoms with E-state index in [1.54, 1.807) is 7.11 Å². The van der Waals surface area contributed by atoms with E-state index in [9.17, 15) is 4.79 Å². The fraction of sp³-hybridized carbons (Fsp3) is 0.174. The highest BCUT2D eigenvalue weighted by Gasteiger charge is 2.36. The van der Waals surface area contributed by atoms with Gasteiger partial charge in [0.25, 0.3) is 0 Å². The Balaban J connectivity index is 1.62. The molecule has 1 unspecified atom stereocenters. The Kier molecular flexibility index (Phi) is 4.44. The van der Waals surface area contributed by atoms with Crippen molar-refractivity contribution in [1.82, 2.24) is 0 Å². The molecule has 1 amide bonds. The first-order valence-corrected chi connectivity index (χ1v) is 8.83. The Bertz CT molecular complexity index is 903. The second kappa shape index (κ2) is 7.04. The number of amides is 1. The van der Waals surface area contributed by atoms with Crippen LogP contribution >= 0.6 is 0 Å². The minimum atomic E-state index is -0.119. The van der Waals surface area contributed by atoms with E-state index >= 15 is 0 Å². The molecule has 1 atom stereocenters. The Morgan fingerprint density at radius 2 is 1.54 bits per heavy atom. The number of hydrogen-bond acceptors (Lipinski definition) is 2. The van der Waals surface area contributed by atoms with Crippen molar-refractivity contribution in [2.24, 2.45) is 0 Å². The first kappa shape index (κ1) is 16.4. The molecule has 1 aliphatic rings. The molecular formula is C23H21NO2. The number of carbonyl (C=O) groups is 1. The molecule has 4 rings (SSSR count). The molecule has 1 aliphatic heterocycles. The van der Waals surface area contributed by atoms with Gasteiger partial charge in [0, 0.05) is 5.69 Å². The van der Waals surface area contributed by atoms with Gasteiger partial charge in [-0.05, 0) is 41.3 Å². The summed E-state index contributed by atoms with van der Waals surface area (Å²) >= 11 is 0. The summed E-state index contributed by atoms with van der Waals surface area (Å²) in [5.74, 6) is 0.876. The largest absolute Gasteiger partial charge is 0.497 e. The first-order valence-electron chi connectivity index (χ1n) is 8.83. The smallest absolute Gasteiger partial charge is 0.235 e. The van der Waals surface area contributed by atoms with Gasteiger partial charge in [0.05, 0.1) is 19.6 Å². The van der Waals surface area contributed by atoms with Crippen LogP contribution in [0.5, 0.6) is 5.75 Å². The normalized spacial score (nSPS) is 15.8. The Morgan fingerprint density at radius 1 is 0.846 bits per heavy atom. The van der Waals surface area contributed by atoms with E-state index in [1.807, 2.05) is 65.6 Å². The number of methoxy groups -OCH3 is 1. The van der Waals surface area contributed by atoms with Crippen LogP contribution in [-0.2, 0) is 17.8 Å². The summed E-state index contributed by atoms with van der Waals surface area (Å²) in [5, 5.41) is 0. The van der Waals surface area contributed by atoms with Crippen LogP contribution in [0.4, 0.5) is 5.69 Å². The van der Waals surface area contributed by atoms with Gasteiger partial charge in [-0.15, -0.1) is 0 Å². The quantitative estimate of drug-likeness (QED) is 0.679. The standard InChI is InChI=1S/C23H21NO2/c1-26-19-13-11-18(12-14-19)16-24-22-10-6-5-9-20(22)21(23(24)25)15-17-7-3-2-4-8-17/h2-14,21H,15-16H2,1H3. The molecule has 26 heavy (non-hydrogen) atoms. The highest BCUT2D eigenvalue weighted by Crippen LogP contribution is 2.39. The zero-order chi connectivity index (χ0) is 17.9. The number of rotatable bonds is 5. The molecule has 0 aromatic heterocycles. The topological polar surface area (TPSA) is 29.5 Å². The van der Waals surface area contributed by atoms with Crippen LogP contribution in [0, 0.1) is 0 Å². The molecule has 3 aromatic rings. The van der Waals surface area contributed by atoms with Crippen molar-refractivity contribution in [2.75, 3.05) is 12.0 Å². The molecule has 0 spiro atoms. The third-order valence-corrected chi connectivity index (χ3v) is 4.95. The van der Waals surface area contributed by atoms with Gasteiger partial charge in [-0.3, -0.25) is 4.79 Å². The van der Waals surface area contributed by atoms with Crippen molar-refractivity contribution >= 4 is 11.6 Å². The lowest BCUT2D eigenvalue weighted by Gasteiger charge is -2.18. The molecule has 0 radical (unpaired) electrons. The summed E-state index contributed by atoms with van der Waals surface area (Å²) in [6.45, 7) is 0.575. The minimum absolute atomic E-state index is 0.119. The van der Waals surface area contributed by atoms with Crippen LogP contribution in [-0.4, -0.2) is 13.0 Å². The van der Waals surface area contributed by atoms with Gasteiger partial charge in [0.2, 0.25) is 5.91 Å². The molecule has 3 nitrogen and oxygen atoms in total. The average molecular weight is 343 g/mol. The molecule has 1 heterocycles. The molecule has 0 saturated heterocycles. The molecule has 0 bridgehead atoms. The predicted octanol–water partition coefficient (Wildman–Crippen LogP) is 4.57. The van der Waals surface area contributed by atoms with Crippen LogP contribution in [0.2, 0.25) is 0 Å². The van der Waals surface area contributed by atoms with Gasteiger partial charge < -0.3 is 9.64 Å². The highest BCUT2D eigenvalue weighted by atomic mass is 16.5. The molecule has 0 N–H and O–H groups in total. The third-order valence-electron chi connectivity index (χ3n) is 4.95. The summed E-state index contributed by atoms with van der Waals surface area (Å²) in [6, 6.07) is 26.3. The second-order valence-corrected chi connectivity index (χ2v) is 6.57. The summed E-state index contributed by atoms with van der Waals surface area (Å²) in [6.07, 6.45) is 0.732. The van der Waals surface area contributed by atoms with E-state index in [0.717, 1.165) is 29.0 Å². The van der Waals surface area contributed by atoms with E-state index in [0.29, 0.717) is 6.54 Å². The van der Waals surface area contributed by atoms with Gasteiger partial charge in [-0.25, -0.2) is 0 Å². The molecule has 0 fully saturated rings. The van der Waals surface area contributed by atoms with Crippen LogP contribution < -0.4 is 9.64 Å². The first-order chi connectivity index (χ1) is 12.8. The average Bonchev–Trinajstić information content (AvgIpc) is 2.95. The number of fused-ring (bicyclic) bond motifs is 1. The van der Waals surface area contributed by atoms with Gasteiger partial charge in [-0.2, -0.15) is 0 Å². The number of hydrogen-bond donors (Lipinski definition) is 0. The molecule has 3 aromatic carbocycles. The lowest BCUT2D eigenvalue weighted by Crippen LogP contribution is -2.28. The second-order valence-electron chi connectivity index (χ2n) is 6.57. The van der Waals surface area contributed by atoms with Crippen molar-refractivity contribution in [2.45, 2.75) is 18.9 Å². The van der Waals surface area contributed by atoms with Gasteiger partial charge in [0.15, 0.2) is 0 Å². The Hall–Kier alpha value is -3.07. The van der Waals surface area contributed by atoms with Crippen LogP contribution in [0.15, 0.2) is 78.9 Å². The molecule has 3 heteroatoms. The maximum atomic E-state index is 13.2. The van der Waals surface area contributed by atoms with Crippen LogP contribution in [0.3, 0.4) is 0 Å². The number of carbonyl (C=O) groups excluding carboxylic acids is 1. The van der Waals surface area contributed by atoms with Gasteiger partial charge >= 0.3 is 0 Å². The summed E-state index contributed by atoms with van der Waals surface area (Å²) in [4.78, 5) is 15.1. The van der Waals surface area contributed by atoms with E-state index < -0.39 is 0 Å². The van der Waals surface area contributed by atoms with Gasteiger partial charge in [-0.1, -0.05) is 60.7 Å². The number of nitrogens with zero attached hydrogens (tertiary/aromatic N) is 1. The fourth-order valence-corrected chi connectivity index (χ4v) is 3.59. The maximum Gasteiger partial charge on any atom is 0.235 e. The van der Waals surface area contributed by atoms with E-state index in [1.165, 1.54) is 5.56 Å². The third kappa shape index (κ3) is 3.08. The van der Waals surface area contributed by atoms with Crippen LogP contribution in [0.1, 0.15) is 22.6 Å². The SMILES string of the molecule is COc1ccc(CN2C(=O)C(Cc3ccccc3)c3ccccc32)cc1. The lowest BCUT2D eigenvalue weighted by molar-refractivity contribution is -0.119. The summed E-state index contributed by atoms with van der Waals surface area (Å²) in [7, 11) is 1.66. The van der Waals surface area contributed by atoms with E-state index in [-0.39, 0.29) is 11.8 Å².